The molecule has 0 unspecified atom stereocenters. The fourth-order valence-corrected chi connectivity index (χ4v) is 0.272. The first-order valence-corrected chi connectivity index (χ1v) is 2.16. The average molecular weight is 126 g/mol. The van der Waals surface area contributed by atoms with Gasteiger partial charge in [0, 0.05) is 0 Å². The molecule has 48 valence electrons. The van der Waals surface area contributed by atoms with Crippen molar-refractivity contribution in [2.75, 3.05) is 6.61 Å². The average Bonchev–Trinajstić information content (AvgIpc) is 2.16. The van der Waals surface area contributed by atoms with Gasteiger partial charge in [-0.05, 0) is 6.92 Å². The van der Waals surface area contributed by atoms with Gasteiger partial charge >= 0.3 is 6.18 Å². The normalized spacial score (nSPS) is 37.5. The fraction of sp³-hybridized carbons (Fsp3) is 1.00. The summed E-state index contributed by atoms with van der Waals surface area (Å²) in [5.74, 6) is 0. The Balaban J connectivity index is 2.58. The molecule has 8 heavy (non-hydrogen) atoms. The molecule has 0 aromatic rings. The highest BCUT2D eigenvalue weighted by Crippen LogP contribution is 2.42. The van der Waals surface area contributed by atoms with Gasteiger partial charge in [0.15, 0.2) is 5.60 Å². The molecule has 4 heteroatoms. The van der Waals surface area contributed by atoms with Gasteiger partial charge in [0.1, 0.15) is 0 Å². The van der Waals surface area contributed by atoms with Crippen molar-refractivity contribution >= 4 is 0 Å². The van der Waals surface area contributed by atoms with Crippen molar-refractivity contribution in [1.82, 2.24) is 0 Å². The van der Waals surface area contributed by atoms with Crippen LogP contribution in [0.3, 0.4) is 0 Å². The molecule has 0 spiro atoms. The Morgan fingerprint density at radius 2 is 1.88 bits per heavy atom. The highest BCUT2D eigenvalue weighted by Gasteiger charge is 2.62. The minimum Gasteiger partial charge on any atom is -0.360 e. The fourth-order valence-electron chi connectivity index (χ4n) is 0.272. The van der Waals surface area contributed by atoms with E-state index in [0.717, 1.165) is 6.92 Å². The molecule has 0 amide bonds. The van der Waals surface area contributed by atoms with Gasteiger partial charge in [-0.3, -0.25) is 0 Å². The zero-order valence-corrected chi connectivity index (χ0v) is 4.25. The summed E-state index contributed by atoms with van der Waals surface area (Å²) in [6.45, 7) is 0.851. The molecule has 0 N–H and O–H groups in total. The van der Waals surface area contributed by atoms with Crippen LogP contribution in [0.2, 0.25) is 0 Å². The van der Waals surface area contributed by atoms with Gasteiger partial charge in [-0.1, -0.05) is 0 Å². The molecule has 0 radical (unpaired) electrons. The molecule has 1 atom stereocenters. The Hall–Kier alpha value is -0.250. The van der Waals surface area contributed by atoms with Crippen LogP contribution in [0.1, 0.15) is 6.92 Å². The quantitative estimate of drug-likeness (QED) is 0.446. The van der Waals surface area contributed by atoms with Crippen LogP contribution in [0.15, 0.2) is 0 Å². The molecule has 1 rings (SSSR count). The third kappa shape index (κ3) is 0.686. The monoisotopic (exact) mass is 126 g/mol. The summed E-state index contributed by atoms with van der Waals surface area (Å²) in [6, 6.07) is 0. The highest BCUT2D eigenvalue weighted by molar-refractivity contribution is 4.94. The standard InChI is InChI=1S/C4H5F3O/c1-3(2-8-3)4(5,6)7/h2H2,1H3/t3-/m1/s1. The summed E-state index contributed by atoms with van der Waals surface area (Å²) < 4.78 is 38.6. The third-order valence-electron chi connectivity index (χ3n) is 1.18. The molecule has 1 aliphatic heterocycles. The molecule has 0 saturated carbocycles. The van der Waals surface area contributed by atoms with E-state index >= 15 is 0 Å². The lowest BCUT2D eigenvalue weighted by atomic mass is 10.2. The molecule has 1 saturated heterocycles. The second kappa shape index (κ2) is 1.18. The maximum absolute atomic E-state index is 11.5. The number of halogens is 3. The number of epoxide rings is 1. The van der Waals surface area contributed by atoms with Gasteiger partial charge < -0.3 is 4.74 Å². The van der Waals surface area contributed by atoms with Crippen LogP contribution in [-0.2, 0) is 4.74 Å². The third-order valence-corrected chi connectivity index (χ3v) is 1.18. The number of ether oxygens (including phenoxy) is 1. The minimum atomic E-state index is -4.17. The Labute approximate surface area is 44.4 Å². The van der Waals surface area contributed by atoms with Crippen LogP contribution in [0.5, 0.6) is 0 Å². The lowest BCUT2D eigenvalue weighted by molar-refractivity contribution is -0.178. The van der Waals surface area contributed by atoms with Crippen LogP contribution in [0.25, 0.3) is 0 Å². The summed E-state index contributed by atoms with van der Waals surface area (Å²) >= 11 is 0. The van der Waals surface area contributed by atoms with Gasteiger partial charge in [0.25, 0.3) is 0 Å². The van der Waals surface area contributed by atoms with Gasteiger partial charge in [0.2, 0.25) is 0 Å². The highest BCUT2D eigenvalue weighted by atomic mass is 19.4. The first-order chi connectivity index (χ1) is 3.46. The predicted molar refractivity (Wildman–Crippen MR) is 20.4 cm³/mol. The summed E-state index contributed by atoms with van der Waals surface area (Å²) in [7, 11) is 0. The predicted octanol–water partition coefficient (Wildman–Crippen LogP) is 1.34. The first-order valence-electron chi connectivity index (χ1n) is 2.16. The molecule has 1 aliphatic rings. The molecule has 0 aromatic heterocycles. The second-order valence-corrected chi connectivity index (χ2v) is 2.02. The summed E-state index contributed by atoms with van der Waals surface area (Å²) in [5, 5.41) is 0. The van der Waals surface area contributed by atoms with Crippen LogP contribution < -0.4 is 0 Å². The van der Waals surface area contributed by atoms with Crippen molar-refractivity contribution in [2.45, 2.75) is 18.7 Å². The molecule has 0 bridgehead atoms. The first kappa shape index (κ1) is 5.88. The zero-order valence-electron chi connectivity index (χ0n) is 4.25. The van der Waals surface area contributed by atoms with E-state index in [9.17, 15) is 13.2 Å². The number of hydrogen-bond acceptors (Lipinski definition) is 1. The Bertz CT molecular complexity index is 99.1. The van der Waals surface area contributed by atoms with E-state index < -0.39 is 11.8 Å². The molecule has 0 aromatic carbocycles. The molecule has 1 fully saturated rings. The largest absolute Gasteiger partial charge is 0.419 e. The van der Waals surface area contributed by atoms with E-state index in [4.69, 9.17) is 0 Å². The topological polar surface area (TPSA) is 12.5 Å². The van der Waals surface area contributed by atoms with E-state index in [0.29, 0.717) is 0 Å². The Kier molecular flexibility index (Phi) is 0.867. The molecule has 1 heterocycles. The van der Waals surface area contributed by atoms with Crippen LogP contribution in [0, 0.1) is 0 Å². The lowest BCUT2D eigenvalue weighted by Crippen LogP contribution is -2.28. The smallest absolute Gasteiger partial charge is 0.360 e. The van der Waals surface area contributed by atoms with Crippen molar-refractivity contribution in [3.8, 4) is 0 Å². The van der Waals surface area contributed by atoms with Crippen LogP contribution >= 0.6 is 0 Å². The zero-order chi connectivity index (χ0) is 6.41. The van der Waals surface area contributed by atoms with E-state index in [1.807, 2.05) is 0 Å². The van der Waals surface area contributed by atoms with E-state index in [-0.39, 0.29) is 6.61 Å². The summed E-state index contributed by atoms with van der Waals surface area (Å²) in [6.07, 6.45) is -4.17. The summed E-state index contributed by atoms with van der Waals surface area (Å²) in [5.41, 5.74) is -1.81. The number of rotatable bonds is 0. The second-order valence-electron chi connectivity index (χ2n) is 2.02. The lowest BCUT2D eigenvalue weighted by Gasteiger charge is -2.08. The van der Waals surface area contributed by atoms with Crippen molar-refractivity contribution in [3.05, 3.63) is 0 Å². The molecule has 0 aliphatic carbocycles. The van der Waals surface area contributed by atoms with E-state index in [1.165, 1.54) is 0 Å². The molecular formula is C4H5F3O. The van der Waals surface area contributed by atoms with Gasteiger partial charge in [-0.15, -0.1) is 0 Å². The van der Waals surface area contributed by atoms with Crippen LogP contribution in [0.4, 0.5) is 13.2 Å². The maximum Gasteiger partial charge on any atom is 0.419 e. The van der Waals surface area contributed by atoms with Crippen molar-refractivity contribution < 1.29 is 17.9 Å². The minimum absolute atomic E-state index is 0.184. The van der Waals surface area contributed by atoms with Gasteiger partial charge in [0.05, 0.1) is 6.61 Å². The van der Waals surface area contributed by atoms with Gasteiger partial charge in [-0.25, -0.2) is 0 Å². The van der Waals surface area contributed by atoms with Crippen LogP contribution in [-0.4, -0.2) is 18.4 Å². The Morgan fingerprint density at radius 1 is 1.50 bits per heavy atom. The Morgan fingerprint density at radius 3 is 1.88 bits per heavy atom. The SMILES string of the molecule is C[C@]1(C(F)(F)F)CO1. The number of alkyl halides is 3. The number of hydrogen-bond donors (Lipinski definition) is 0. The molecule has 1 nitrogen and oxygen atoms in total. The van der Waals surface area contributed by atoms with E-state index in [2.05, 4.69) is 4.74 Å². The van der Waals surface area contributed by atoms with E-state index in [1.54, 1.807) is 0 Å². The summed E-state index contributed by atoms with van der Waals surface area (Å²) in [4.78, 5) is 0. The van der Waals surface area contributed by atoms with Gasteiger partial charge in [-0.2, -0.15) is 13.2 Å². The van der Waals surface area contributed by atoms with Crippen molar-refractivity contribution in [3.63, 3.8) is 0 Å². The molecular weight excluding hydrogens is 121 g/mol. The van der Waals surface area contributed by atoms with Crippen molar-refractivity contribution in [1.29, 1.82) is 0 Å². The van der Waals surface area contributed by atoms with Crippen molar-refractivity contribution in [2.24, 2.45) is 0 Å². The maximum atomic E-state index is 11.5.